The highest BCUT2D eigenvalue weighted by atomic mass is 19.1. The molecule has 2 amide bonds. The minimum atomic E-state index is -0.592. The average Bonchev–Trinajstić information content (AvgIpc) is 2.68. The van der Waals surface area contributed by atoms with Crippen molar-refractivity contribution in [2.75, 3.05) is 13.1 Å². The topological polar surface area (TPSA) is 49.4 Å². The van der Waals surface area contributed by atoms with Crippen LogP contribution in [0.15, 0.2) is 54.6 Å². The number of amides is 2. The number of likely N-dealkylation sites (tertiary alicyclic amines) is 1. The molecule has 0 unspecified atom stereocenters. The summed E-state index contributed by atoms with van der Waals surface area (Å²) in [6.07, 6.45) is 1.78. The number of nitrogens with zero attached hydrogens (tertiary/aromatic N) is 1. The van der Waals surface area contributed by atoms with Crippen molar-refractivity contribution < 1.29 is 14.0 Å². The number of rotatable bonds is 5. The summed E-state index contributed by atoms with van der Waals surface area (Å²) in [7, 11) is 0. The number of halogens is 1. The highest BCUT2D eigenvalue weighted by Crippen LogP contribution is 2.30. The fourth-order valence-corrected chi connectivity index (χ4v) is 3.52. The third kappa shape index (κ3) is 4.94. The minimum Gasteiger partial charge on any atom is -0.351 e. The molecule has 1 saturated heterocycles. The smallest absolute Gasteiger partial charge is 0.227 e. The van der Waals surface area contributed by atoms with E-state index in [1.807, 2.05) is 37.3 Å². The van der Waals surface area contributed by atoms with Crippen molar-refractivity contribution in [3.05, 3.63) is 71.5 Å². The molecule has 0 aromatic heterocycles. The number of hydrogen-bond donors (Lipinski definition) is 1. The standard InChI is InChI=1S/C22H25FN2O2/c1-22(21(27)24-15-18-6-3-2-4-7-18)12-5-13-25(16-22)20(26)14-17-8-10-19(23)11-9-17/h2-4,6-11H,5,12-16H2,1H3,(H,24,27)/t22-/m0/s1. The molecule has 0 aliphatic carbocycles. The van der Waals surface area contributed by atoms with Crippen LogP contribution in [0.25, 0.3) is 0 Å². The molecule has 27 heavy (non-hydrogen) atoms. The highest BCUT2D eigenvalue weighted by molar-refractivity contribution is 5.84. The van der Waals surface area contributed by atoms with E-state index in [0.29, 0.717) is 19.6 Å². The van der Waals surface area contributed by atoms with Crippen molar-refractivity contribution in [3.8, 4) is 0 Å². The van der Waals surface area contributed by atoms with Crippen LogP contribution in [0, 0.1) is 11.2 Å². The van der Waals surface area contributed by atoms with Gasteiger partial charge in [0, 0.05) is 19.6 Å². The lowest BCUT2D eigenvalue weighted by Gasteiger charge is -2.39. The van der Waals surface area contributed by atoms with E-state index in [1.54, 1.807) is 17.0 Å². The van der Waals surface area contributed by atoms with Crippen LogP contribution < -0.4 is 5.32 Å². The number of nitrogens with one attached hydrogen (secondary N) is 1. The Labute approximate surface area is 159 Å². The molecule has 0 saturated carbocycles. The van der Waals surface area contributed by atoms with Crippen molar-refractivity contribution in [3.63, 3.8) is 0 Å². The molecule has 0 bridgehead atoms. The second-order valence-electron chi connectivity index (χ2n) is 7.45. The molecule has 0 radical (unpaired) electrons. The van der Waals surface area contributed by atoms with Gasteiger partial charge in [-0.15, -0.1) is 0 Å². The largest absolute Gasteiger partial charge is 0.351 e. The number of hydrogen-bond acceptors (Lipinski definition) is 2. The van der Waals surface area contributed by atoms with Crippen molar-refractivity contribution in [1.82, 2.24) is 10.2 Å². The van der Waals surface area contributed by atoms with E-state index < -0.39 is 5.41 Å². The third-order valence-corrected chi connectivity index (χ3v) is 5.16. The maximum absolute atomic E-state index is 13.0. The van der Waals surface area contributed by atoms with Gasteiger partial charge in [0.15, 0.2) is 0 Å². The van der Waals surface area contributed by atoms with Crippen LogP contribution >= 0.6 is 0 Å². The van der Waals surface area contributed by atoms with Crippen molar-refractivity contribution in [1.29, 1.82) is 0 Å². The SMILES string of the molecule is C[C@]1(C(=O)NCc2ccccc2)CCCN(C(=O)Cc2ccc(F)cc2)C1. The van der Waals surface area contributed by atoms with Crippen LogP contribution in [0.5, 0.6) is 0 Å². The Morgan fingerprint density at radius 3 is 2.48 bits per heavy atom. The normalized spacial score (nSPS) is 19.6. The molecule has 1 aliphatic rings. The first kappa shape index (κ1) is 19.1. The van der Waals surface area contributed by atoms with Crippen molar-refractivity contribution in [2.24, 2.45) is 5.41 Å². The number of piperidine rings is 1. The molecule has 1 N–H and O–H groups in total. The Morgan fingerprint density at radius 2 is 1.78 bits per heavy atom. The lowest BCUT2D eigenvalue weighted by molar-refractivity contribution is -0.140. The van der Waals surface area contributed by atoms with E-state index in [1.165, 1.54) is 12.1 Å². The average molecular weight is 368 g/mol. The summed E-state index contributed by atoms with van der Waals surface area (Å²) < 4.78 is 13.0. The Kier molecular flexibility index (Phi) is 5.89. The first-order chi connectivity index (χ1) is 13.0. The van der Waals surface area contributed by atoms with Gasteiger partial charge in [-0.3, -0.25) is 9.59 Å². The summed E-state index contributed by atoms with van der Waals surface area (Å²) in [5, 5.41) is 3.01. The Morgan fingerprint density at radius 1 is 1.07 bits per heavy atom. The minimum absolute atomic E-state index is 0.0226. The second-order valence-corrected chi connectivity index (χ2v) is 7.45. The molecule has 2 aromatic carbocycles. The molecule has 4 nitrogen and oxygen atoms in total. The van der Waals surface area contributed by atoms with Gasteiger partial charge in [0.25, 0.3) is 0 Å². The van der Waals surface area contributed by atoms with E-state index >= 15 is 0 Å². The zero-order chi connectivity index (χ0) is 19.3. The summed E-state index contributed by atoms with van der Waals surface area (Å²) in [6.45, 7) is 3.47. The molecular formula is C22H25FN2O2. The van der Waals surface area contributed by atoms with Crippen LogP contribution in [0.1, 0.15) is 30.9 Å². The van der Waals surface area contributed by atoms with Gasteiger partial charge in [0.05, 0.1) is 11.8 Å². The van der Waals surface area contributed by atoms with Gasteiger partial charge in [0.2, 0.25) is 11.8 Å². The quantitative estimate of drug-likeness (QED) is 0.880. The summed E-state index contributed by atoms with van der Waals surface area (Å²) in [5.74, 6) is -0.360. The molecule has 1 aliphatic heterocycles. The monoisotopic (exact) mass is 368 g/mol. The summed E-state index contributed by atoms with van der Waals surface area (Å²) >= 11 is 0. The summed E-state index contributed by atoms with van der Waals surface area (Å²) in [6, 6.07) is 15.8. The first-order valence-electron chi connectivity index (χ1n) is 9.31. The predicted octanol–water partition coefficient (Wildman–Crippen LogP) is 3.31. The number of benzene rings is 2. The molecule has 5 heteroatoms. The summed E-state index contributed by atoms with van der Waals surface area (Å²) in [4.78, 5) is 27.2. The molecule has 142 valence electrons. The van der Waals surface area contributed by atoms with E-state index in [4.69, 9.17) is 0 Å². The van der Waals surface area contributed by atoms with E-state index in [-0.39, 0.29) is 24.1 Å². The van der Waals surface area contributed by atoms with Gasteiger partial charge in [-0.05, 0) is 43.0 Å². The maximum Gasteiger partial charge on any atom is 0.227 e. The number of carbonyl (C=O) groups is 2. The summed E-state index contributed by atoms with van der Waals surface area (Å²) in [5.41, 5.74) is 1.24. The van der Waals surface area contributed by atoms with Crippen LogP contribution in [0.4, 0.5) is 4.39 Å². The van der Waals surface area contributed by atoms with Crippen LogP contribution in [0.2, 0.25) is 0 Å². The Balaban J connectivity index is 1.58. The van der Waals surface area contributed by atoms with Gasteiger partial charge < -0.3 is 10.2 Å². The Bertz CT molecular complexity index is 792. The van der Waals surface area contributed by atoms with Gasteiger partial charge in [0.1, 0.15) is 5.82 Å². The Hall–Kier alpha value is -2.69. The lowest BCUT2D eigenvalue weighted by Crippen LogP contribution is -2.52. The van der Waals surface area contributed by atoms with Gasteiger partial charge >= 0.3 is 0 Å². The fraction of sp³-hybridized carbons (Fsp3) is 0.364. The van der Waals surface area contributed by atoms with Crippen molar-refractivity contribution >= 4 is 11.8 Å². The second kappa shape index (κ2) is 8.33. The van der Waals surface area contributed by atoms with Crippen molar-refractivity contribution in [2.45, 2.75) is 32.7 Å². The molecule has 1 fully saturated rings. The predicted molar refractivity (Wildman–Crippen MR) is 102 cm³/mol. The zero-order valence-electron chi connectivity index (χ0n) is 15.6. The maximum atomic E-state index is 13.0. The van der Waals surface area contributed by atoms with Gasteiger partial charge in [-0.25, -0.2) is 4.39 Å². The van der Waals surface area contributed by atoms with Crippen LogP contribution in [-0.4, -0.2) is 29.8 Å². The van der Waals surface area contributed by atoms with Crippen LogP contribution in [-0.2, 0) is 22.6 Å². The third-order valence-electron chi connectivity index (χ3n) is 5.16. The fourth-order valence-electron chi connectivity index (χ4n) is 3.52. The number of carbonyl (C=O) groups excluding carboxylic acids is 2. The van der Waals surface area contributed by atoms with E-state index in [9.17, 15) is 14.0 Å². The van der Waals surface area contributed by atoms with Gasteiger partial charge in [-0.1, -0.05) is 42.5 Å². The van der Waals surface area contributed by atoms with Gasteiger partial charge in [-0.2, -0.15) is 0 Å². The molecule has 1 atom stereocenters. The molecule has 0 spiro atoms. The van der Waals surface area contributed by atoms with Crippen LogP contribution in [0.3, 0.4) is 0 Å². The van der Waals surface area contributed by atoms with E-state index in [0.717, 1.165) is 24.0 Å². The highest BCUT2D eigenvalue weighted by Gasteiger charge is 2.39. The molecule has 1 heterocycles. The zero-order valence-corrected chi connectivity index (χ0v) is 15.6. The lowest BCUT2D eigenvalue weighted by atomic mass is 9.80. The first-order valence-corrected chi connectivity index (χ1v) is 9.31. The molecular weight excluding hydrogens is 343 g/mol. The van der Waals surface area contributed by atoms with E-state index in [2.05, 4.69) is 5.32 Å². The molecule has 2 aromatic rings. The molecule has 3 rings (SSSR count).